The predicted molar refractivity (Wildman–Crippen MR) is 142 cm³/mol. The molecular formula is C29H40N4O. The van der Waals surface area contributed by atoms with Gasteiger partial charge in [0.05, 0.1) is 12.6 Å². The molecule has 1 fully saturated rings. The SMILES string of the molecule is COc1ccccc1CCNCC1CCC(CCCc2nc(N(C)C)c3ccccc3n2)CC1. The lowest BCUT2D eigenvalue weighted by Crippen LogP contribution is -2.28. The molecule has 0 spiro atoms. The van der Waals surface area contributed by atoms with Crippen LogP contribution < -0.4 is 15.0 Å². The fourth-order valence-corrected chi connectivity index (χ4v) is 5.27. The third-order valence-corrected chi connectivity index (χ3v) is 7.23. The molecule has 5 nitrogen and oxygen atoms in total. The molecule has 1 heterocycles. The van der Waals surface area contributed by atoms with Crippen molar-refractivity contribution in [2.24, 2.45) is 11.8 Å². The Morgan fingerprint density at radius 1 is 0.912 bits per heavy atom. The van der Waals surface area contributed by atoms with E-state index in [1.54, 1.807) is 7.11 Å². The molecule has 2 aromatic carbocycles. The Morgan fingerprint density at radius 3 is 2.44 bits per heavy atom. The highest BCUT2D eigenvalue weighted by molar-refractivity contribution is 5.89. The van der Waals surface area contributed by atoms with Crippen LogP contribution in [0.3, 0.4) is 0 Å². The maximum atomic E-state index is 5.46. The highest BCUT2D eigenvalue weighted by atomic mass is 16.5. The second kappa shape index (κ2) is 12.2. The molecule has 182 valence electrons. The minimum Gasteiger partial charge on any atom is -0.496 e. The molecular weight excluding hydrogens is 420 g/mol. The zero-order valence-corrected chi connectivity index (χ0v) is 21.1. The standard InChI is InChI=1S/C29H40N4O/c1-33(2)29-25-11-5-6-12-26(25)31-28(32-29)14-8-9-22-15-17-23(18-16-22)21-30-20-19-24-10-4-7-13-27(24)34-3/h4-7,10-13,22-23,30H,8-9,14-21H2,1-3H3. The fourth-order valence-electron chi connectivity index (χ4n) is 5.27. The van der Waals surface area contributed by atoms with Crippen LogP contribution >= 0.6 is 0 Å². The van der Waals surface area contributed by atoms with Crippen molar-refractivity contribution < 1.29 is 4.74 Å². The number of methoxy groups -OCH3 is 1. The topological polar surface area (TPSA) is 50.3 Å². The monoisotopic (exact) mass is 460 g/mol. The third-order valence-electron chi connectivity index (χ3n) is 7.23. The van der Waals surface area contributed by atoms with E-state index in [1.165, 1.54) is 44.1 Å². The molecule has 1 aromatic heterocycles. The number of ether oxygens (including phenoxy) is 1. The lowest BCUT2D eigenvalue weighted by molar-refractivity contribution is 0.254. The van der Waals surface area contributed by atoms with Gasteiger partial charge < -0.3 is 15.0 Å². The Hall–Kier alpha value is -2.66. The molecule has 4 rings (SSSR count). The summed E-state index contributed by atoms with van der Waals surface area (Å²) in [4.78, 5) is 11.8. The largest absolute Gasteiger partial charge is 0.496 e. The van der Waals surface area contributed by atoms with Crippen molar-refractivity contribution >= 4 is 16.7 Å². The summed E-state index contributed by atoms with van der Waals surface area (Å²) in [7, 11) is 5.87. The summed E-state index contributed by atoms with van der Waals surface area (Å²) in [6.45, 7) is 2.15. The molecule has 0 amide bonds. The quantitative estimate of drug-likeness (QED) is 0.374. The summed E-state index contributed by atoms with van der Waals surface area (Å²) in [6, 6.07) is 16.7. The van der Waals surface area contributed by atoms with E-state index >= 15 is 0 Å². The Morgan fingerprint density at radius 2 is 1.65 bits per heavy atom. The van der Waals surface area contributed by atoms with Gasteiger partial charge in [0.15, 0.2) is 0 Å². The number of fused-ring (bicyclic) bond motifs is 1. The zero-order valence-electron chi connectivity index (χ0n) is 21.1. The van der Waals surface area contributed by atoms with Crippen molar-refractivity contribution in [1.82, 2.24) is 15.3 Å². The van der Waals surface area contributed by atoms with E-state index in [1.807, 2.05) is 12.1 Å². The number of aromatic nitrogens is 2. The molecule has 0 radical (unpaired) electrons. The lowest BCUT2D eigenvalue weighted by Gasteiger charge is -2.28. The second-order valence-electron chi connectivity index (χ2n) is 9.92. The summed E-state index contributed by atoms with van der Waals surface area (Å²) in [6.07, 6.45) is 9.88. The molecule has 0 atom stereocenters. The van der Waals surface area contributed by atoms with Crippen LogP contribution in [0.1, 0.15) is 49.9 Å². The highest BCUT2D eigenvalue weighted by Gasteiger charge is 2.21. The van der Waals surface area contributed by atoms with E-state index in [0.717, 1.165) is 66.1 Å². The first-order chi connectivity index (χ1) is 16.6. The first kappa shape index (κ1) is 24.5. The van der Waals surface area contributed by atoms with Gasteiger partial charge in [-0.25, -0.2) is 9.97 Å². The molecule has 1 N–H and O–H groups in total. The van der Waals surface area contributed by atoms with Gasteiger partial charge in [0, 0.05) is 25.9 Å². The molecule has 0 aliphatic heterocycles. The molecule has 5 heteroatoms. The summed E-state index contributed by atoms with van der Waals surface area (Å²) in [5, 5.41) is 4.82. The van der Waals surface area contributed by atoms with Crippen molar-refractivity contribution in [1.29, 1.82) is 0 Å². The lowest BCUT2D eigenvalue weighted by atomic mass is 9.80. The minimum absolute atomic E-state index is 0.820. The molecule has 0 unspecified atom stereocenters. The van der Waals surface area contributed by atoms with Gasteiger partial charge in [0.2, 0.25) is 0 Å². The van der Waals surface area contributed by atoms with Crippen LogP contribution in [0, 0.1) is 11.8 Å². The van der Waals surface area contributed by atoms with Crippen molar-refractivity contribution in [2.45, 2.75) is 51.4 Å². The van der Waals surface area contributed by atoms with Crippen LogP contribution in [0.25, 0.3) is 10.9 Å². The first-order valence-electron chi connectivity index (χ1n) is 12.9. The van der Waals surface area contributed by atoms with Crippen LogP contribution in [-0.4, -0.2) is 44.3 Å². The smallest absolute Gasteiger partial charge is 0.139 e. The van der Waals surface area contributed by atoms with E-state index < -0.39 is 0 Å². The molecule has 1 aliphatic carbocycles. The number of hydrogen-bond donors (Lipinski definition) is 1. The Balaban J connectivity index is 1.16. The summed E-state index contributed by atoms with van der Waals surface area (Å²) in [5.74, 6) is 4.69. The van der Waals surface area contributed by atoms with Gasteiger partial charge in [-0.3, -0.25) is 0 Å². The van der Waals surface area contributed by atoms with E-state index in [2.05, 4.69) is 60.7 Å². The van der Waals surface area contributed by atoms with Crippen molar-refractivity contribution in [3.05, 3.63) is 59.9 Å². The van der Waals surface area contributed by atoms with Gasteiger partial charge in [-0.15, -0.1) is 0 Å². The number of nitrogens with zero attached hydrogens (tertiary/aromatic N) is 3. The number of nitrogens with one attached hydrogen (secondary N) is 1. The van der Waals surface area contributed by atoms with Crippen LogP contribution in [0.15, 0.2) is 48.5 Å². The van der Waals surface area contributed by atoms with Crippen LogP contribution in [0.2, 0.25) is 0 Å². The summed E-state index contributed by atoms with van der Waals surface area (Å²) in [5.41, 5.74) is 2.34. The number of benzene rings is 2. The van der Waals surface area contributed by atoms with Gasteiger partial charge in [-0.1, -0.05) is 49.6 Å². The van der Waals surface area contributed by atoms with Crippen molar-refractivity contribution in [3.8, 4) is 5.75 Å². The molecule has 0 bridgehead atoms. The highest BCUT2D eigenvalue weighted by Crippen LogP contribution is 2.32. The number of para-hydroxylation sites is 2. The van der Waals surface area contributed by atoms with Crippen molar-refractivity contribution in [3.63, 3.8) is 0 Å². The summed E-state index contributed by atoms with van der Waals surface area (Å²) < 4.78 is 5.46. The molecule has 1 saturated carbocycles. The van der Waals surface area contributed by atoms with Gasteiger partial charge in [0.25, 0.3) is 0 Å². The van der Waals surface area contributed by atoms with E-state index in [-0.39, 0.29) is 0 Å². The molecule has 34 heavy (non-hydrogen) atoms. The number of hydrogen-bond acceptors (Lipinski definition) is 5. The average molecular weight is 461 g/mol. The maximum Gasteiger partial charge on any atom is 0.139 e. The van der Waals surface area contributed by atoms with E-state index in [4.69, 9.17) is 14.7 Å². The van der Waals surface area contributed by atoms with Gasteiger partial charge in [-0.2, -0.15) is 0 Å². The van der Waals surface area contributed by atoms with Crippen LogP contribution in [0.5, 0.6) is 5.75 Å². The molecule has 3 aromatic rings. The zero-order chi connectivity index (χ0) is 23.8. The number of aryl methyl sites for hydroxylation is 1. The van der Waals surface area contributed by atoms with Crippen LogP contribution in [0.4, 0.5) is 5.82 Å². The number of anilines is 1. The van der Waals surface area contributed by atoms with E-state index in [0.29, 0.717) is 0 Å². The maximum absolute atomic E-state index is 5.46. The molecule has 0 saturated heterocycles. The predicted octanol–water partition coefficient (Wildman–Crippen LogP) is 5.67. The molecule has 1 aliphatic rings. The van der Waals surface area contributed by atoms with Gasteiger partial charge in [0.1, 0.15) is 17.4 Å². The third kappa shape index (κ3) is 6.47. The fraction of sp³-hybridized carbons (Fsp3) is 0.517. The average Bonchev–Trinajstić information content (AvgIpc) is 2.87. The summed E-state index contributed by atoms with van der Waals surface area (Å²) >= 11 is 0. The first-order valence-corrected chi connectivity index (χ1v) is 12.9. The Kier molecular flexibility index (Phi) is 8.75. The minimum atomic E-state index is 0.820. The second-order valence-corrected chi connectivity index (χ2v) is 9.92. The van der Waals surface area contributed by atoms with Gasteiger partial charge in [-0.05, 0) is 74.4 Å². The van der Waals surface area contributed by atoms with Gasteiger partial charge >= 0.3 is 0 Å². The van der Waals surface area contributed by atoms with E-state index in [9.17, 15) is 0 Å². The Labute approximate surface area is 205 Å². The normalized spacial score (nSPS) is 18.2. The van der Waals surface area contributed by atoms with Crippen LogP contribution in [-0.2, 0) is 12.8 Å². The Bertz CT molecular complexity index is 1040. The number of rotatable bonds is 11. The van der Waals surface area contributed by atoms with Crippen molar-refractivity contribution in [2.75, 3.05) is 39.2 Å².